The van der Waals surface area contributed by atoms with Crippen molar-refractivity contribution in [2.75, 3.05) is 5.32 Å². The van der Waals surface area contributed by atoms with Gasteiger partial charge in [-0.05, 0) is 27.2 Å². The molecule has 0 saturated carbocycles. The van der Waals surface area contributed by atoms with Crippen LogP contribution in [0, 0.1) is 0 Å². The molecular formula is C16H26N6O2. The third-order valence-electron chi connectivity index (χ3n) is 3.23. The molecule has 0 bridgehead atoms. The lowest BCUT2D eigenvalue weighted by atomic mass is 10.2. The van der Waals surface area contributed by atoms with Crippen molar-refractivity contribution in [2.45, 2.75) is 59.4 Å². The summed E-state index contributed by atoms with van der Waals surface area (Å²) < 4.78 is 7.37. The summed E-state index contributed by atoms with van der Waals surface area (Å²) in [6.07, 6.45) is 5.94. The largest absolute Gasteiger partial charge is 0.444 e. The van der Waals surface area contributed by atoms with Crippen LogP contribution in [0.25, 0.3) is 0 Å². The van der Waals surface area contributed by atoms with Crippen LogP contribution in [0.15, 0.2) is 18.7 Å². The van der Waals surface area contributed by atoms with E-state index >= 15 is 0 Å². The van der Waals surface area contributed by atoms with Crippen molar-refractivity contribution >= 4 is 11.9 Å². The molecule has 2 aromatic heterocycles. The van der Waals surface area contributed by atoms with Gasteiger partial charge in [-0.3, -0.25) is 10.4 Å². The van der Waals surface area contributed by atoms with Crippen molar-refractivity contribution in [1.29, 1.82) is 0 Å². The second kappa shape index (κ2) is 7.96. The smallest absolute Gasteiger partial charge is 0.413 e. The van der Waals surface area contributed by atoms with E-state index in [9.17, 15) is 4.79 Å². The third kappa shape index (κ3) is 5.38. The highest BCUT2D eigenvalue weighted by Gasteiger charge is 2.17. The number of nitrogens with zero attached hydrogens (tertiary/aromatic N) is 3. The fraction of sp³-hybridized carbons (Fsp3) is 0.562. The molecule has 0 aliphatic carbocycles. The Labute approximate surface area is 142 Å². The first-order valence-electron chi connectivity index (χ1n) is 8.11. The second-order valence-corrected chi connectivity index (χ2v) is 6.58. The molecule has 0 unspecified atom stereocenters. The zero-order valence-electron chi connectivity index (χ0n) is 14.7. The maximum Gasteiger partial charge on any atom is 0.413 e. The number of ether oxygens (including phenoxy) is 1. The number of hydrogen-bond donors (Lipinski definition) is 3. The molecule has 3 N–H and O–H groups in total. The second-order valence-electron chi connectivity index (χ2n) is 6.58. The standard InChI is InChI=1S/C16H26N6O2/c1-5-6-22-11-18-10-13(22)9-17-7-12-8-19-21-14(12)20-15(23)24-16(2,3)4/h8,10-11,17H,5-7,9H2,1-4H3,(H2,19,20,21,23). The van der Waals surface area contributed by atoms with E-state index in [0.717, 1.165) is 24.2 Å². The van der Waals surface area contributed by atoms with Gasteiger partial charge < -0.3 is 14.6 Å². The monoisotopic (exact) mass is 334 g/mol. The Morgan fingerprint density at radius 1 is 1.33 bits per heavy atom. The highest BCUT2D eigenvalue weighted by atomic mass is 16.6. The molecule has 0 aliphatic rings. The Hall–Kier alpha value is -2.35. The normalized spacial score (nSPS) is 11.5. The summed E-state index contributed by atoms with van der Waals surface area (Å²) in [5.74, 6) is 0.541. The van der Waals surface area contributed by atoms with Crippen molar-refractivity contribution in [2.24, 2.45) is 0 Å². The summed E-state index contributed by atoms with van der Waals surface area (Å²) in [6.45, 7) is 9.81. The molecule has 0 aliphatic heterocycles. The van der Waals surface area contributed by atoms with Crippen LogP contribution in [0.5, 0.6) is 0 Å². The molecule has 0 saturated heterocycles. The van der Waals surface area contributed by atoms with Crippen LogP contribution < -0.4 is 10.6 Å². The summed E-state index contributed by atoms with van der Waals surface area (Å²) in [5, 5.41) is 12.8. The maximum absolute atomic E-state index is 11.8. The fourth-order valence-corrected chi connectivity index (χ4v) is 2.22. The highest BCUT2D eigenvalue weighted by molar-refractivity contribution is 5.84. The number of amides is 1. The fourth-order valence-electron chi connectivity index (χ4n) is 2.22. The number of aromatic amines is 1. The van der Waals surface area contributed by atoms with Crippen LogP contribution in [-0.2, 0) is 24.4 Å². The van der Waals surface area contributed by atoms with E-state index in [1.165, 1.54) is 0 Å². The Morgan fingerprint density at radius 3 is 2.83 bits per heavy atom. The maximum atomic E-state index is 11.8. The van der Waals surface area contributed by atoms with Gasteiger partial charge in [-0.2, -0.15) is 5.10 Å². The van der Waals surface area contributed by atoms with Crippen molar-refractivity contribution in [3.05, 3.63) is 30.0 Å². The van der Waals surface area contributed by atoms with Crippen LogP contribution in [0.2, 0.25) is 0 Å². The number of carbonyl (C=O) groups is 1. The quantitative estimate of drug-likeness (QED) is 0.723. The molecule has 0 spiro atoms. The van der Waals surface area contributed by atoms with E-state index in [1.54, 1.807) is 6.20 Å². The van der Waals surface area contributed by atoms with Gasteiger partial charge in [0.25, 0.3) is 0 Å². The average molecular weight is 334 g/mol. The van der Waals surface area contributed by atoms with E-state index in [4.69, 9.17) is 4.74 Å². The predicted molar refractivity (Wildman–Crippen MR) is 91.5 cm³/mol. The first kappa shape index (κ1) is 18.0. The number of H-pyrrole nitrogens is 1. The number of carbonyl (C=O) groups excluding carboxylic acids is 1. The number of nitrogens with one attached hydrogen (secondary N) is 3. The highest BCUT2D eigenvalue weighted by Crippen LogP contribution is 2.14. The number of rotatable bonds is 7. The Morgan fingerprint density at radius 2 is 2.12 bits per heavy atom. The minimum Gasteiger partial charge on any atom is -0.444 e. The Balaban J connectivity index is 1.87. The molecule has 24 heavy (non-hydrogen) atoms. The minimum atomic E-state index is -0.541. The SMILES string of the molecule is CCCn1cncc1CNCc1cn[nH]c1NC(=O)OC(C)(C)C. The van der Waals surface area contributed by atoms with Gasteiger partial charge >= 0.3 is 6.09 Å². The molecule has 0 atom stereocenters. The third-order valence-corrected chi connectivity index (χ3v) is 3.23. The van der Waals surface area contributed by atoms with Gasteiger partial charge in [-0.15, -0.1) is 0 Å². The van der Waals surface area contributed by atoms with Crippen molar-refractivity contribution in [1.82, 2.24) is 25.1 Å². The number of aromatic nitrogens is 4. The summed E-state index contributed by atoms with van der Waals surface area (Å²) in [6, 6.07) is 0. The van der Waals surface area contributed by atoms with Crippen LogP contribution >= 0.6 is 0 Å². The molecule has 2 heterocycles. The van der Waals surface area contributed by atoms with Crippen LogP contribution in [0.1, 0.15) is 45.4 Å². The summed E-state index contributed by atoms with van der Waals surface area (Å²) >= 11 is 0. The molecule has 0 aromatic carbocycles. The molecule has 1 amide bonds. The van der Waals surface area contributed by atoms with Gasteiger partial charge in [0, 0.05) is 31.4 Å². The minimum absolute atomic E-state index is 0.506. The van der Waals surface area contributed by atoms with Gasteiger partial charge in [-0.25, -0.2) is 9.78 Å². The average Bonchev–Trinajstić information content (AvgIpc) is 3.08. The lowest BCUT2D eigenvalue weighted by Gasteiger charge is -2.19. The number of hydrogen-bond acceptors (Lipinski definition) is 5. The van der Waals surface area contributed by atoms with E-state index < -0.39 is 11.7 Å². The van der Waals surface area contributed by atoms with E-state index in [2.05, 4.69) is 37.3 Å². The van der Waals surface area contributed by atoms with Crippen LogP contribution in [0.3, 0.4) is 0 Å². The molecule has 8 nitrogen and oxygen atoms in total. The van der Waals surface area contributed by atoms with Gasteiger partial charge in [0.2, 0.25) is 0 Å². The predicted octanol–water partition coefficient (Wildman–Crippen LogP) is 2.65. The first-order valence-corrected chi connectivity index (χ1v) is 8.11. The van der Waals surface area contributed by atoms with Gasteiger partial charge in [0.15, 0.2) is 0 Å². The van der Waals surface area contributed by atoms with E-state index in [0.29, 0.717) is 18.9 Å². The van der Waals surface area contributed by atoms with E-state index in [-0.39, 0.29) is 0 Å². The van der Waals surface area contributed by atoms with Crippen molar-refractivity contribution < 1.29 is 9.53 Å². The topological polar surface area (TPSA) is 96.9 Å². The lowest BCUT2D eigenvalue weighted by molar-refractivity contribution is 0.0635. The molecular weight excluding hydrogens is 308 g/mol. The number of anilines is 1. The molecule has 0 radical (unpaired) electrons. The zero-order chi connectivity index (χ0) is 17.6. The molecule has 2 rings (SSSR count). The summed E-state index contributed by atoms with van der Waals surface area (Å²) in [7, 11) is 0. The summed E-state index contributed by atoms with van der Waals surface area (Å²) in [5.41, 5.74) is 1.45. The zero-order valence-corrected chi connectivity index (χ0v) is 14.7. The Kier molecular flexibility index (Phi) is 5.97. The van der Waals surface area contributed by atoms with Crippen LogP contribution in [0.4, 0.5) is 10.6 Å². The van der Waals surface area contributed by atoms with Crippen molar-refractivity contribution in [3.8, 4) is 0 Å². The van der Waals surface area contributed by atoms with Gasteiger partial charge in [-0.1, -0.05) is 6.92 Å². The number of imidazole rings is 1. The summed E-state index contributed by atoms with van der Waals surface area (Å²) in [4.78, 5) is 16.0. The van der Waals surface area contributed by atoms with Crippen molar-refractivity contribution in [3.63, 3.8) is 0 Å². The molecule has 0 fully saturated rings. The first-order chi connectivity index (χ1) is 11.4. The van der Waals surface area contributed by atoms with Gasteiger partial charge in [0.05, 0.1) is 18.2 Å². The van der Waals surface area contributed by atoms with Gasteiger partial charge in [0.1, 0.15) is 11.4 Å². The Bertz CT molecular complexity index is 656. The lowest BCUT2D eigenvalue weighted by Crippen LogP contribution is -2.27. The molecule has 2 aromatic rings. The molecule has 8 heteroatoms. The van der Waals surface area contributed by atoms with Crippen LogP contribution in [-0.4, -0.2) is 31.4 Å². The number of aryl methyl sites for hydroxylation is 1. The van der Waals surface area contributed by atoms with E-state index in [1.807, 2.05) is 33.3 Å². The molecule has 132 valence electrons.